The lowest BCUT2D eigenvalue weighted by Gasteiger charge is -2.31. The van der Waals surface area contributed by atoms with Gasteiger partial charge in [0.15, 0.2) is 9.84 Å². The van der Waals surface area contributed by atoms with Gasteiger partial charge in [-0.2, -0.15) is 5.26 Å². The van der Waals surface area contributed by atoms with Crippen LogP contribution in [0.1, 0.15) is 19.1 Å². The van der Waals surface area contributed by atoms with Crippen molar-refractivity contribution in [2.24, 2.45) is 0 Å². The Balaban J connectivity index is 1.74. The summed E-state index contributed by atoms with van der Waals surface area (Å²) >= 11 is 12.2. The number of halogens is 2. The largest absolute Gasteiger partial charge is 0.457 e. The van der Waals surface area contributed by atoms with Crippen molar-refractivity contribution < 1.29 is 22.4 Å². The van der Waals surface area contributed by atoms with Crippen molar-refractivity contribution in [3.63, 3.8) is 0 Å². The Morgan fingerprint density at radius 2 is 1.94 bits per heavy atom. The molecule has 0 spiro atoms. The van der Waals surface area contributed by atoms with Gasteiger partial charge < -0.3 is 4.42 Å². The number of carbonyl (C=O) groups excluding carboxylic acids is 2. The molecule has 3 heterocycles. The molecule has 4 rings (SSSR count). The smallest absolute Gasteiger partial charge is 0.271 e. The summed E-state index contributed by atoms with van der Waals surface area (Å²) in [5.74, 6) is -1.10. The molecule has 2 aliphatic rings. The van der Waals surface area contributed by atoms with E-state index in [0.29, 0.717) is 27.1 Å². The average molecular weight is 491 g/mol. The maximum Gasteiger partial charge on any atom is 0.271 e. The van der Waals surface area contributed by atoms with Crippen molar-refractivity contribution >= 4 is 50.9 Å². The van der Waals surface area contributed by atoms with E-state index in [2.05, 4.69) is 0 Å². The first-order valence-corrected chi connectivity index (χ1v) is 12.2. The molecule has 1 atom stereocenters. The van der Waals surface area contributed by atoms with E-state index < -0.39 is 27.7 Å². The second kappa shape index (κ2) is 8.24. The number of nitriles is 1. The van der Waals surface area contributed by atoms with Gasteiger partial charge in [-0.3, -0.25) is 14.5 Å². The van der Waals surface area contributed by atoms with Gasteiger partial charge in [-0.25, -0.2) is 8.42 Å². The normalized spacial score (nSPS) is 22.0. The fraction of sp³-hybridized carbons (Fsp3) is 0.227. The van der Waals surface area contributed by atoms with Crippen LogP contribution >= 0.6 is 23.2 Å². The molecule has 0 bridgehead atoms. The molecule has 1 saturated heterocycles. The molecule has 0 N–H and O–H groups in total. The monoisotopic (exact) mass is 490 g/mol. The third-order valence-corrected chi connectivity index (χ3v) is 7.75. The Hall–Kier alpha value is -2.86. The first kappa shape index (κ1) is 22.3. The summed E-state index contributed by atoms with van der Waals surface area (Å²) in [5, 5.41) is 10.4. The van der Waals surface area contributed by atoms with Crippen LogP contribution in [-0.4, -0.2) is 42.7 Å². The number of nitrogens with zero attached hydrogens (tertiary/aromatic N) is 2. The zero-order valence-electron chi connectivity index (χ0n) is 16.8. The first-order chi connectivity index (χ1) is 15.1. The Labute approximate surface area is 194 Å². The molecule has 1 aromatic carbocycles. The highest BCUT2D eigenvalue weighted by atomic mass is 35.5. The molecule has 0 saturated carbocycles. The van der Waals surface area contributed by atoms with Gasteiger partial charge in [0, 0.05) is 16.2 Å². The molecule has 32 heavy (non-hydrogen) atoms. The van der Waals surface area contributed by atoms with Gasteiger partial charge in [0.05, 0.1) is 22.6 Å². The molecule has 0 radical (unpaired) electrons. The zero-order chi connectivity index (χ0) is 23.2. The summed E-state index contributed by atoms with van der Waals surface area (Å²) in [6, 6.07) is 9.28. The summed E-state index contributed by atoms with van der Waals surface area (Å²) in [6.07, 6.45) is 1.58. The lowest BCUT2D eigenvalue weighted by molar-refractivity contribution is -0.142. The Morgan fingerprint density at radius 3 is 2.56 bits per heavy atom. The number of imide groups is 1. The molecule has 1 fully saturated rings. The van der Waals surface area contributed by atoms with Crippen LogP contribution in [0.3, 0.4) is 0 Å². The fourth-order valence-electron chi connectivity index (χ4n) is 3.82. The summed E-state index contributed by atoms with van der Waals surface area (Å²) < 4.78 is 29.6. The summed E-state index contributed by atoms with van der Waals surface area (Å²) in [4.78, 5) is 26.9. The quantitative estimate of drug-likeness (QED) is 0.474. The zero-order valence-corrected chi connectivity index (χ0v) is 19.1. The molecule has 2 aliphatic heterocycles. The van der Waals surface area contributed by atoms with Crippen molar-refractivity contribution in [3.05, 3.63) is 62.9 Å². The summed E-state index contributed by atoms with van der Waals surface area (Å²) in [7, 11) is -3.35. The molecular weight excluding hydrogens is 475 g/mol. The third kappa shape index (κ3) is 3.99. The van der Waals surface area contributed by atoms with Crippen molar-refractivity contribution in [2.45, 2.75) is 19.4 Å². The highest BCUT2D eigenvalue weighted by molar-refractivity contribution is 7.91. The van der Waals surface area contributed by atoms with Gasteiger partial charge in [0.25, 0.3) is 11.8 Å². The molecule has 0 unspecified atom stereocenters. The number of benzene rings is 1. The maximum atomic E-state index is 13.2. The van der Waals surface area contributed by atoms with E-state index in [1.165, 1.54) is 13.0 Å². The molecule has 2 amide bonds. The van der Waals surface area contributed by atoms with Gasteiger partial charge in [0.1, 0.15) is 23.2 Å². The lowest BCUT2D eigenvalue weighted by Crippen LogP contribution is -2.49. The minimum Gasteiger partial charge on any atom is -0.457 e. The standard InChI is InChI=1S/C22H16Cl2N2O5S/c1-12-17(9-15-3-5-20(31-15)16-4-2-13(23)8-19(16)24)21(27)26(22(28)18(12)10-25)14-6-7-32(29,30)11-14/h2-5,8-9,14H,6-7,11H2,1H3/b17-9+/t14-/m0/s1. The number of sulfone groups is 1. The first-order valence-electron chi connectivity index (χ1n) is 9.58. The van der Waals surface area contributed by atoms with Crippen molar-refractivity contribution in [1.82, 2.24) is 4.90 Å². The SMILES string of the molecule is CC1=C(C#N)C(=O)N([C@H]2CCS(=O)(=O)C2)C(=O)/C1=C/c1ccc(-c2ccc(Cl)cc2Cl)o1. The topological polar surface area (TPSA) is 108 Å². The predicted molar refractivity (Wildman–Crippen MR) is 119 cm³/mol. The number of furan rings is 1. The molecule has 164 valence electrons. The average Bonchev–Trinajstić information content (AvgIpc) is 3.32. The molecular formula is C22H16Cl2N2O5S. The molecule has 10 heteroatoms. The van der Waals surface area contributed by atoms with Crippen LogP contribution in [0.25, 0.3) is 17.4 Å². The number of hydrogen-bond acceptors (Lipinski definition) is 6. The highest BCUT2D eigenvalue weighted by Crippen LogP contribution is 2.34. The van der Waals surface area contributed by atoms with Crippen molar-refractivity contribution in [2.75, 3.05) is 11.5 Å². The van der Waals surface area contributed by atoms with Crippen LogP contribution in [0.15, 0.2) is 51.5 Å². The Morgan fingerprint density at radius 1 is 1.19 bits per heavy atom. The van der Waals surface area contributed by atoms with E-state index in [1.54, 1.807) is 30.3 Å². The number of amides is 2. The number of rotatable bonds is 3. The van der Waals surface area contributed by atoms with Gasteiger partial charge in [0.2, 0.25) is 0 Å². The van der Waals surface area contributed by atoms with Crippen molar-refractivity contribution in [3.8, 4) is 17.4 Å². The second-order valence-electron chi connectivity index (χ2n) is 7.53. The van der Waals surface area contributed by atoms with Crippen molar-refractivity contribution in [1.29, 1.82) is 5.26 Å². The van der Waals surface area contributed by atoms with Crippen LogP contribution < -0.4 is 0 Å². The van der Waals surface area contributed by atoms with Crippen LogP contribution in [-0.2, 0) is 19.4 Å². The predicted octanol–water partition coefficient (Wildman–Crippen LogP) is 4.03. The minimum atomic E-state index is -3.35. The number of hydrogen-bond donors (Lipinski definition) is 0. The van der Waals surface area contributed by atoms with Gasteiger partial charge in [-0.05, 0) is 55.3 Å². The van der Waals surface area contributed by atoms with E-state index in [-0.39, 0.29) is 34.6 Å². The Kier molecular flexibility index (Phi) is 5.76. The maximum absolute atomic E-state index is 13.2. The summed E-state index contributed by atoms with van der Waals surface area (Å²) in [5.41, 5.74) is 0.705. The number of carbonyl (C=O) groups is 2. The van der Waals surface area contributed by atoms with Crippen LogP contribution in [0, 0.1) is 11.3 Å². The molecule has 2 aromatic rings. The van der Waals surface area contributed by atoms with E-state index in [0.717, 1.165) is 4.90 Å². The molecule has 0 aliphatic carbocycles. The lowest BCUT2D eigenvalue weighted by atomic mass is 9.93. The summed E-state index contributed by atoms with van der Waals surface area (Å²) in [6.45, 7) is 1.50. The van der Waals surface area contributed by atoms with E-state index in [4.69, 9.17) is 27.6 Å². The van der Waals surface area contributed by atoms with Gasteiger partial charge in [-0.1, -0.05) is 23.2 Å². The second-order valence-corrected chi connectivity index (χ2v) is 10.6. The molecule has 7 nitrogen and oxygen atoms in total. The van der Waals surface area contributed by atoms with E-state index in [9.17, 15) is 23.3 Å². The molecule has 1 aromatic heterocycles. The minimum absolute atomic E-state index is 0.0913. The van der Waals surface area contributed by atoms with Crippen LogP contribution in [0.5, 0.6) is 0 Å². The fourth-order valence-corrected chi connectivity index (χ4v) is 6.02. The Bertz CT molecular complexity index is 1360. The van der Waals surface area contributed by atoms with E-state index >= 15 is 0 Å². The van der Waals surface area contributed by atoms with Crippen LogP contribution in [0.4, 0.5) is 0 Å². The highest BCUT2D eigenvalue weighted by Gasteiger charge is 2.43. The van der Waals surface area contributed by atoms with Crippen LogP contribution in [0.2, 0.25) is 10.0 Å². The van der Waals surface area contributed by atoms with Gasteiger partial charge in [-0.15, -0.1) is 0 Å². The third-order valence-electron chi connectivity index (χ3n) is 5.46. The van der Waals surface area contributed by atoms with E-state index in [1.807, 2.05) is 6.07 Å². The van der Waals surface area contributed by atoms with Gasteiger partial charge >= 0.3 is 0 Å².